The number of unbranched alkanes of at least 4 members (excludes halogenated alkanes) is 4. The first kappa shape index (κ1) is 15.5. The normalized spacial score (nSPS) is 10.8. The maximum atomic E-state index is 11.1. The molecule has 17 heavy (non-hydrogen) atoms. The third-order valence-electron chi connectivity index (χ3n) is 2.93. The van der Waals surface area contributed by atoms with Gasteiger partial charge in [-0.3, -0.25) is 9.59 Å². The third-order valence-corrected chi connectivity index (χ3v) is 2.93. The SMILES string of the molecule is C#CCC(CCCCCCC)(C(=O)O)C(=O)O. The van der Waals surface area contributed by atoms with Gasteiger partial charge in [-0.2, -0.15) is 0 Å². The minimum absolute atomic E-state index is 0.103. The number of carbonyl (C=O) groups is 2. The number of hydrogen-bond acceptors (Lipinski definition) is 2. The molecule has 0 saturated heterocycles. The molecule has 0 aliphatic heterocycles. The van der Waals surface area contributed by atoms with Crippen LogP contribution in [0.1, 0.15) is 51.9 Å². The molecule has 0 spiro atoms. The summed E-state index contributed by atoms with van der Waals surface area (Å²) >= 11 is 0. The van der Waals surface area contributed by atoms with Crippen molar-refractivity contribution in [2.24, 2.45) is 5.41 Å². The maximum Gasteiger partial charge on any atom is 0.322 e. The first-order chi connectivity index (χ1) is 8.01. The van der Waals surface area contributed by atoms with Crippen LogP contribution in [0.4, 0.5) is 0 Å². The summed E-state index contributed by atoms with van der Waals surface area (Å²) < 4.78 is 0. The molecule has 0 aliphatic carbocycles. The van der Waals surface area contributed by atoms with Crippen molar-refractivity contribution < 1.29 is 19.8 Å². The fourth-order valence-corrected chi connectivity index (χ4v) is 1.75. The number of carboxylic acids is 2. The van der Waals surface area contributed by atoms with Crippen molar-refractivity contribution in [3.63, 3.8) is 0 Å². The van der Waals surface area contributed by atoms with E-state index in [9.17, 15) is 9.59 Å². The van der Waals surface area contributed by atoms with E-state index in [4.69, 9.17) is 16.6 Å². The zero-order chi connectivity index (χ0) is 13.3. The van der Waals surface area contributed by atoms with Crippen LogP contribution in [0.25, 0.3) is 0 Å². The number of hydrogen-bond donors (Lipinski definition) is 2. The summed E-state index contributed by atoms with van der Waals surface area (Å²) in [5.74, 6) is -0.508. The van der Waals surface area contributed by atoms with Gasteiger partial charge in [0.1, 0.15) is 0 Å². The van der Waals surface area contributed by atoms with Crippen molar-refractivity contribution in [3.05, 3.63) is 0 Å². The molecule has 0 amide bonds. The van der Waals surface area contributed by atoms with Gasteiger partial charge in [0.15, 0.2) is 5.41 Å². The summed E-state index contributed by atoms with van der Waals surface area (Å²) in [5.41, 5.74) is -1.80. The minimum atomic E-state index is -1.80. The van der Waals surface area contributed by atoms with Gasteiger partial charge in [-0.1, -0.05) is 39.0 Å². The van der Waals surface area contributed by atoms with E-state index >= 15 is 0 Å². The summed E-state index contributed by atoms with van der Waals surface area (Å²) in [4.78, 5) is 22.2. The van der Waals surface area contributed by atoms with Crippen LogP contribution in [-0.4, -0.2) is 22.2 Å². The van der Waals surface area contributed by atoms with Gasteiger partial charge in [-0.15, -0.1) is 12.3 Å². The molecule has 0 unspecified atom stereocenters. The Hall–Kier alpha value is -1.50. The topological polar surface area (TPSA) is 74.6 Å². The Kier molecular flexibility index (Phi) is 7.04. The van der Waals surface area contributed by atoms with Crippen LogP contribution in [0.3, 0.4) is 0 Å². The highest BCUT2D eigenvalue weighted by atomic mass is 16.4. The van der Waals surface area contributed by atoms with Gasteiger partial charge < -0.3 is 10.2 Å². The Labute approximate surface area is 102 Å². The Morgan fingerprint density at radius 2 is 1.65 bits per heavy atom. The van der Waals surface area contributed by atoms with E-state index in [1.807, 2.05) is 0 Å². The molecule has 0 saturated carbocycles. The number of terminal acetylenes is 1. The van der Waals surface area contributed by atoms with Crippen LogP contribution >= 0.6 is 0 Å². The molecule has 0 heterocycles. The monoisotopic (exact) mass is 240 g/mol. The fraction of sp³-hybridized carbons (Fsp3) is 0.692. The molecular weight excluding hydrogens is 220 g/mol. The lowest BCUT2D eigenvalue weighted by Gasteiger charge is -2.22. The highest BCUT2D eigenvalue weighted by Crippen LogP contribution is 2.30. The van der Waals surface area contributed by atoms with E-state index in [-0.39, 0.29) is 12.8 Å². The lowest BCUT2D eigenvalue weighted by atomic mass is 9.79. The zero-order valence-electron chi connectivity index (χ0n) is 10.2. The van der Waals surface area contributed by atoms with E-state index in [1.165, 1.54) is 0 Å². The van der Waals surface area contributed by atoms with E-state index in [2.05, 4.69) is 12.8 Å². The van der Waals surface area contributed by atoms with Crippen LogP contribution in [0.15, 0.2) is 0 Å². The quantitative estimate of drug-likeness (QED) is 0.369. The predicted molar refractivity (Wildman–Crippen MR) is 64.5 cm³/mol. The second-order valence-electron chi connectivity index (χ2n) is 4.24. The molecule has 4 heteroatoms. The van der Waals surface area contributed by atoms with Crippen molar-refractivity contribution in [3.8, 4) is 12.3 Å². The maximum absolute atomic E-state index is 11.1. The molecular formula is C13H20O4. The summed E-state index contributed by atoms with van der Waals surface area (Å²) in [6.07, 6.45) is 9.52. The van der Waals surface area contributed by atoms with E-state index in [1.54, 1.807) is 0 Å². The largest absolute Gasteiger partial charge is 0.480 e. The van der Waals surface area contributed by atoms with Gasteiger partial charge in [-0.25, -0.2) is 0 Å². The van der Waals surface area contributed by atoms with Crippen molar-refractivity contribution in [2.45, 2.75) is 51.9 Å². The highest BCUT2D eigenvalue weighted by Gasteiger charge is 2.45. The zero-order valence-corrected chi connectivity index (χ0v) is 10.2. The second kappa shape index (κ2) is 7.72. The molecule has 0 radical (unpaired) electrons. The van der Waals surface area contributed by atoms with Gasteiger partial charge in [0.2, 0.25) is 0 Å². The molecule has 2 N–H and O–H groups in total. The van der Waals surface area contributed by atoms with Gasteiger partial charge in [-0.05, 0) is 6.42 Å². The summed E-state index contributed by atoms with van der Waals surface area (Å²) in [6, 6.07) is 0. The van der Waals surface area contributed by atoms with Crippen LogP contribution in [-0.2, 0) is 9.59 Å². The van der Waals surface area contributed by atoms with Gasteiger partial charge in [0, 0.05) is 6.42 Å². The van der Waals surface area contributed by atoms with E-state index < -0.39 is 17.4 Å². The second-order valence-corrected chi connectivity index (χ2v) is 4.24. The predicted octanol–water partition coefficient (Wildman–Crippen LogP) is 2.53. The van der Waals surface area contributed by atoms with Crippen molar-refractivity contribution >= 4 is 11.9 Å². The average Bonchev–Trinajstić information content (AvgIpc) is 2.26. The average molecular weight is 240 g/mol. The van der Waals surface area contributed by atoms with Crippen molar-refractivity contribution in [2.75, 3.05) is 0 Å². The molecule has 0 bridgehead atoms. The summed E-state index contributed by atoms with van der Waals surface area (Å²) in [7, 11) is 0. The van der Waals surface area contributed by atoms with Crippen LogP contribution < -0.4 is 0 Å². The first-order valence-electron chi connectivity index (χ1n) is 5.91. The third kappa shape index (κ3) is 4.48. The molecule has 0 aliphatic rings. The van der Waals surface area contributed by atoms with Crippen molar-refractivity contribution in [1.29, 1.82) is 0 Å². The fourth-order valence-electron chi connectivity index (χ4n) is 1.75. The highest BCUT2D eigenvalue weighted by molar-refractivity contribution is 5.98. The number of carboxylic acid groups (broad SMARTS) is 2. The minimum Gasteiger partial charge on any atom is -0.480 e. The lowest BCUT2D eigenvalue weighted by Crippen LogP contribution is -2.39. The summed E-state index contributed by atoms with van der Waals surface area (Å²) in [5, 5.41) is 18.1. The standard InChI is InChI=1S/C13H20O4/c1-3-5-6-7-8-10-13(9-4-2,11(14)15)12(16)17/h2H,3,5-10H2,1H3,(H,14,15)(H,16,17). The molecule has 4 nitrogen and oxygen atoms in total. The van der Waals surface area contributed by atoms with E-state index in [0.29, 0.717) is 6.42 Å². The molecule has 0 aromatic carbocycles. The van der Waals surface area contributed by atoms with Gasteiger partial charge >= 0.3 is 11.9 Å². The van der Waals surface area contributed by atoms with Crippen molar-refractivity contribution in [1.82, 2.24) is 0 Å². The van der Waals surface area contributed by atoms with Gasteiger partial charge in [0.25, 0.3) is 0 Å². The molecule has 0 rings (SSSR count). The first-order valence-corrected chi connectivity index (χ1v) is 5.91. The van der Waals surface area contributed by atoms with Crippen LogP contribution in [0.5, 0.6) is 0 Å². The lowest BCUT2D eigenvalue weighted by molar-refractivity contribution is -0.165. The number of rotatable bonds is 9. The molecule has 0 aromatic rings. The van der Waals surface area contributed by atoms with Crippen LogP contribution in [0.2, 0.25) is 0 Å². The van der Waals surface area contributed by atoms with Gasteiger partial charge in [0.05, 0.1) is 0 Å². The smallest absolute Gasteiger partial charge is 0.322 e. The molecule has 0 atom stereocenters. The Bertz CT molecular complexity index is 287. The van der Waals surface area contributed by atoms with Crippen LogP contribution in [0, 0.1) is 17.8 Å². The Morgan fingerprint density at radius 1 is 1.12 bits per heavy atom. The molecule has 0 fully saturated rings. The summed E-state index contributed by atoms with van der Waals surface area (Å²) in [6.45, 7) is 2.08. The Balaban J connectivity index is 4.44. The van der Waals surface area contributed by atoms with E-state index in [0.717, 1.165) is 25.7 Å². The Morgan fingerprint density at radius 3 is 2.06 bits per heavy atom. The molecule has 0 aromatic heterocycles. The molecule has 96 valence electrons. The number of aliphatic carboxylic acids is 2.